The van der Waals surface area contributed by atoms with Gasteiger partial charge in [0.05, 0.1) is 0 Å². The van der Waals surface area contributed by atoms with Gasteiger partial charge in [-0.3, -0.25) is 4.79 Å². The van der Waals surface area contributed by atoms with Gasteiger partial charge in [0.25, 0.3) is 0 Å². The van der Waals surface area contributed by atoms with Crippen LogP contribution in [0.2, 0.25) is 0 Å². The SMILES string of the molecule is CCC(=O)O.[BiH3]. The summed E-state index contributed by atoms with van der Waals surface area (Å²) in [7, 11) is 0. The molecule has 0 atom stereocenters. The Morgan fingerprint density at radius 1 is 1.83 bits per heavy atom. The first kappa shape index (κ1) is 9.61. The van der Waals surface area contributed by atoms with Crippen LogP contribution in [-0.2, 0) is 4.79 Å². The van der Waals surface area contributed by atoms with Crippen molar-refractivity contribution in [3.8, 4) is 0 Å². The van der Waals surface area contributed by atoms with Crippen molar-refractivity contribution in [2.45, 2.75) is 13.3 Å². The topological polar surface area (TPSA) is 37.3 Å². The minimum atomic E-state index is -0.745. The molecule has 1 N–H and O–H groups in total. The summed E-state index contributed by atoms with van der Waals surface area (Å²) >= 11 is 0. The van der Waals surface area contributed by atoms with Crippen LogP contribution in [0, 0.1) is 0 Å². The zero-order valence-electron chi connectivity index (χ0n) is 3.77. The molecule has 0 spiro atoms. The Morgan fingerprint density at radius 2 is 2.00 bits per heavy atom. The number of rotatable bonds is 1. The second kappa shape index (κ2) is 5.35. The first-order valence-electron chi connectivity index (χ1n) is 1.49. The van der Waals surface area contributed by atoms with Crippen molar-refractivity contribution in [1.29, 1.82) is 0 Å². The Bertz CT molecular complexity index is 44.1. The molecule has 0 aliphatic heterocycles. The number of aliphatic carboxylic acids is 1. The molecular weight excluding hydrogens is 277 g/mol. The van der Waals surface area contributed by atoms with Gasteiger partial charge in [0.2, 0.25) is 0 Å². The van der Waals surface area contributed by atoms with E-state index in [2.05, 4.69) is 0 Å². The normalized spacial score (nSPS) is 6.17. The van der Waals surface area contributed by atoms with Crippen molar-refractivity contribution in [3.05, 3.63) is 0 Å². The molecule has 0 amide bonds. The van der Waals surface area contributed by atoms with Gasteiger partial charge in [-0.25, -0.2) is 0 Å². The molecular formula is C3H9BiO2. The Balaban J connectivity index is 0. The predicted molar refractivity (Wildman–Crippen MR) is 27.9 cm³/mol. The fourth-order valence-corrected chi connectivity index (χ4v) is 0. The Hall–Kier alpha value is 0.353. The van der Waals surface area contributed by atoms with Crippen LogP contribution >= 0.6 is 0 Å². The van der Waals surface area contributed by atoms with Gasteiger partial charge in [-0.2, -0.15) is 0 Å². The molecule has 0 aliphatic rings. The molecule has 0 saturated heterocycles. The van der Waals surface area contributed by atoms with Crippen LogP contribution in [0.15, 0.2) is 0 Å². The molecule has 0 unspecified atom stereocenters. The van der Waals surface area contributed by atoms with Crippen LogP contribution in [0.4, 0.5) is 0 Å². The molecule has 0 aromatic rings. The molecule has 38 valence electrons. The molecule has 6 heavy (non-hydrogen) atoms. The van der Waals surface area contributed by atoms with Crippen molar-refractivity contribution in [2.75, 3.05) is 0 Å². The van der Waals surface area contributed by atoms with Crippen LogP contribution in [0.5, 0.6) is 0 Å². The van der Waals surface area contributed by atoms with Crippen molar-refractivity contribution in [2.24, 2.45) is 0 Å². The summed E-state index contributed by atoms with van der Waals surface area (Å²) in [5.74, 6) is -0.745. The quantitative estimate of drug-likeness (QED) is 0.647. The maximum atomic E-state index is 9.37. The van der Waals surface area contributed by atoms with E-state index in [-0.39, 0.29) is 32.6 Å². The number of hydrogen-bond acceptors (Lipinski definition) is 1. The summed E-state index contributed by atoms with van der Waals surface area (Å²) < 4.78 is 0. The molecule has 0 aromatic carbocycles. The van der Waals surface area contributed by atoms with Crippen LogP contribution in [0.3, 0.4) is 0 Å². The van der Waals surface area contributed by atoms with Crippen LogP contribution < -0.4 is 0 Å². The Morgan fingerprint density at radius 3 is 2.00 bits per heavy atom. The zero-order valence-corrected chi connectivity index (χ0v) is 9.27. The van der Waals surface area contributed by atoms with E-state index >= 15 is 0 Å². The second-order valence-corrected chi connectivity index (χ2v) is 0.747. The third-order valence-electron chi connectivity index (χ3n) is 0.302. The summed E-state index contributed by atoms with van der Waals surface area (Å²) in [5.41, 5.74) is 0. The summed E-state index contributed by atoms with van der Waals surface area (Å²) in [5, 5.41) is 7.72. The van der Waals surface area contributed by atoms with Crippen molar-refractivity contribution in [1.82, 2.24) is 0 Å². The van der Waals surface area contributed by atoms with E-state index in [0.717, 1.165) is 0 Å². The first-order valence-corrected chi connectivity index (χ1v) is 1.49. The molecule has 2 nitrogen and oxygen atoms in total. The van der Waals surface area contributed by atoms with Crippen LogP contribution in [0.25, 0.3) is 0 Å². The molecule has 0 heterocycles. The average Bonchev–Trinajstić information content (AvgIpc) is 1.38. The van der Waals surface area contributed by atoms with Crippen molar-refractivity contribution in [3.63, 3.8) is 0 Å². The van der Waals surface area contributed by atoms with Crippen molar-refractivity contribution >= 4 is 32.2 Å². The van der Waals surface area contributed by atoms with E-state index < -0.39 is 5.97 Å². The molecule has 0 saturated carbocycles. The van der Waals surface area contributed by atoms with E-state index in [0.29, 0.717) is 0 Å². The summed E-state index contributed by atoms with van der Waals surface area (Å²) in [4.78, 5) is 9.37. The number of carboxylic acid groups (broad SMARTS) is 1. The number of carboxylic acids is 1. The Kier molecular flexibility index (Phi) is 8.57. The fourth-order valence-electron chi connectivity index (χ4n) is 0. The van der Waals surface area contributed by atoms with E-state index in [1.165, 1.54) is 0 Å². The molecule has 0 aromatic heterocycles. The fraction of sp³-hybridized carbons (Fsp3) is 0.667. The molecule has 0 rings (SSSR count). The van der Waals surface area contributed by atoms with Crippen LogP contribution in [0.1, 0.15) is 13.3 Å². The van der Waals surface area contributed by atoms with Gasteiger partial charge in [0.1, 0.15) is 0 Å². The molecule has 0 fully saturated rings. The monoisotopic (exact) mass is 286 g/mol. The minimum absolute atomic E-state index is 0. The van der Waals surface area contributed by atoms with Gasteiger partial charge < -0.3 is 5.11 Å². The van der Waals surface area contributed by atoms with Gasteiger partial charge in [-0.1, -0.05) is 6.92 Å². The van der Waals surface area contributed by atoms with Gasteiger partial charge in [0, 0.05) is 6.42 Å². The summed E-state index contributed by atoms with van der Waals surface area (Å²) in [6.45, 7) is 1.60. The number of hydrogen-bond donors (Lipinski definition) is 1. The number of carbonyl (C=O) groups is 1. The van der Waals surface area contributed by atoms with E-state index in [1.54, 1.807) is 6.92 Å². The Labute approximate surface area is 55.7 Å². The first-order chi connectivity index (χ1) is 2.27. The zero-order chi connectivity index (χ0) is 4.28. The second-order valence-electron chi connectivity index (χ2n) is 0.747. The summed E-state index contributed by atoms with van der Waals surface area (Å²) in [6, 6.07) is 0. The summed E-state index contributed by atoms with van der Waals surface area (Å²) in [6.07, 6.45) is 0.222. The van der Waals surface area contributed by atoms with Gasteiger partial charge >= 0.3 is 32.2 Å². The van der Waals surface area contributed by atoms with E-state index in [4.69, 9.17) is 5.11 Å². The van der Waals surface area contributed by atoms with Gasteiger partial charge in [-0.05, 0) is 0 Å². The third kappa shape index (κ3) is 8.84. The van der Waals surface area contributed by atoms with Gasteiger partial charge in [-0.15, -0.1) is 0 Å². The molecule has 0 radical (unpaired) electrons. The molecule has 0 aliphatic carbocycles. The predicted octanol–water partition coefficient (Wildman–Crippen LogP) is -0.703. The van der Waals surface area contributed by atoms with Crippen LogP contribution in [-0.4, -0.2) is 37.3 Å². The van der Waals surface area contributed by atoms with E-state index in [1.807, 2.05) is 0 Å². The standard InChI is InChI=1S/C3H6O2.Bi.3H/c1-2-3(4)5;;;;/h2H2,1H3,(H,4,5);;;;. The van der Waals surface area contributed by atoms with Crippen molar-refractivity contribution < 1.29 is 9.90 Å². The third-order valence-corrected chi connectivity index (χ3v) is 0.302. The van der Waals surface area contributed by atoms with Gasteiger partial charge in [0.15, 0.2) is 0 Å². The molecule has 0 bridgehead atoms. The maximum absolute atomic E-state index is 9.37. The molecule has 3 heteroatoms. The van der Waals surface area contributed by atoms with E-state index in [9.17, 15) is 4.79 Å². The average molecular weight is 286 g/mol.